The van der Waals surface area contributed by atoms with Crippen molar-refractivity contribution in [1.82, 2.24) is 15.3 Å². The van der Waals surface area contributed by atoms with E-state index in [0.29, 0.717) is 18.3 Å². The summed E-state index contributed by atoms with van der Waals surface area (Å²) < 4.78 is 10.5. The normalized spacial score (nSPS) is 15.5. The van der Waals surface area contributed by atoms with E-state index in [-0.39, 0.29) is 0 Å². The van der Waals surface area contributed by atoms with E-state index in [0.717, 1.165) is 18.0 Å². The van der Waals surface area contributed by atoms with E-state index >= 15 is 0 Å². The van der Waals surface area contributed by atoms with Gasteiger partial charge in [0.1, 0.15) is 6.33 Å². The summed E-state index contributed by atoms with van der Waals surface area (Å²) in [5, 5.41) is 3.44. The van der Waals surface area contributed by atoms with Crippen LogP contribution in [0.2, 0.25) is 0 Å². The smallest absolute Gasteiger partial charge is 0.224 e. The minimum absolute atomic E-state index is 0.583. The van der Waals surface area contributed by atoms with E-state index in [9.17, 15) is 0 Å². The number of ether oxygens (including phenoxy) is 2. The minimum atomic E-state index is 0.583. The third kappa shape index (κ3) is 4.07. The van der Waals surface area contributed by atoms with Crippen molar-refractivity contribution in [3.63, 3.8) is 0 Å². The maximum atomic E-state index is 5.26. The predicted molar refractivity (Wildman–Crippen MR) is 78.0 cm³/mol. The molecule has 0 amide bonds. The van der Waals surface area contributed by atoms with Gasteiger partial charge in [-0.25, -0.2) is 9.97 Å². The summed E-state index contributed by atoms with van der Waals surface area (Å²) in [6.45, 7) is 1.69. The Kier molecular flexibility index (Phi) is 6.05. The monoisotopic (exact) mass is 279 g/mol. The van der Waals surface area contributed by atoms with Crippen LogP contribution >= 0.6 is 0 Å². The Morgan fingerprint density at radius 1 is 1.15 bits per heavy atom. The topological polar surface area (TPSA) is 56.3 Å². The minimum Gasteiger partial charge on any atom is -0.481 e. The van der Waals surface area contributed by atoms with Crippen molar-refractivity contribution >= 4 is 0 Å². The van der Waals surface area contributed by atoms with Gasteiger partial charge >= 0.3 is 0 Å². The Morgan fingerprint density at radius 3 is 2.40 bits per heavy atom. The quantitative estimate of drug-likeness (QED) is 0.741. The van der Waals surface area contributed by atoms with Gasteiger partial charge in [-0.3, -0.25) is 0 Å². The van der Waals surface area contributed by atoms with E-state index in [1.54, 1.807) is 14.2 Å². The van der Waals surface area contributed by atoms with Gasteiger partial charge in [0, 0.05) is 6.54 Å². The van der Waals surface area contributed by atoms with Crippen LogP contribution in [0.1, 0.15) is 44.1 Å². The molecule has 1 aromatic rings. The molecule has 20 heavy (non-hydrogen) atoms. The van der Waals surface area contributed by atoms with Gasteiger partial charge in [0.15, 0.2) is 0 Å². The fourth-order valence-electron chi connectivity index (χ4n) is 2.91. The highest BCUT2D eigenvalue weighted by Gasteiger charge is 2.15. The molecular weight excluding hydrogens is 254 g/mol. The van der Waals surface area contributed by atoms with Crippen LogP contribution in [0.5, 0.6) is 11.8 Å². The number of aromatic nitrogens is 2. The molecule has 0 spiro atoms. The van der Waals surface area contributed by atoms with Crippen molar-refractivity contribution in [2.75, 3.05) is 20.8 Å². The average molecular weight is 279 g/mol. The van der Waals surface area contributed by atoms with Crippen LogP contribution in [0.25, 0.3) is 0 Å². The Balaban J connectivity index is 1.75. The molecule has 0 saturated heterocycles. The SMILES string of the molecule is COc1ncnc(OC)c1CNCCCC1CCCC1. The molecule has 0 aromatic carbocycles. The molecule has 0 unspecified atom stereocenters. The van der Waals surface area contributed by atoms with Crippen LogP contribution in [0.3, 0.4) is 0 Å². The van der Waals surface area contributed by atoms with Crippen LogP contribution in [-0.2, 0) is 6.54 Å². The fourth-order valence-corrected chi connectivity index (χ4v) is 2.91. The number of hydrogen-bond donors (Lipinski definition) is 1. The lowest BCUT2D eigenvalue weighted by Gasteiger charge is -2.12. The molecule has 112 valence electrons. The standard InChI is InChI=1S/C15H25N3O2/c1-19-14-13(15(20-2)18-11-17-14)10-16-9-5-8-12-6-3-4-7-12/h11-12,16H,3-10H2,1-2H3. The van der Waals surface area contributed by atoms with E-state index in [4.69, 9.17) is 9.47 Å². The zero-order valence-electron chi connectivity index (χ0n) is 12.5. The van der Waals surface area contributed by atoms with Crippen molar-refractivity contribution in [3.8, 4) is 11.8 Å². The Bertz CT molecular complexity index is 384. The molecule has 5 nitrogen and oxygen atoms in total. The number of rotatable bonds is 8. The van der Waals surface area contributed by atoms with Crippen LogP contribution in [0.15, 0.2) is 6.33 Å². The molecular formula is C15H25N3O2. The molecule has 1 aliphatic carbocycles. The summed E-state index contributed by atoms with van der Waals surface area (Å²) >= 11 is 0. The zero-order valence-corrected chi connectivity index (χ0v) is 12.5. The molecule has 0 bridgehead atoms. The van der Waals surface area contributed by atoms with Crippen molar-refractivity contribution in [3.05, 3.63) is 11.9 Å². The fraction of sp³-hybridized carbons (Fsp3) is 0.733. The number of nitrogens with one attached hydrogen (secondary N) is 1. The maximum absolute atomic E-state index is 5.26. The van der Waals surface area contributed by atoms with E-state index in [2.05, 4.69) is 15.3 Å². The first-order valence-corrected chi connectivity index (χ1v) is 7.47. The number of methoxy groups -OCH3 is 2. The summed E-state index contributed by atoms with van der Waals surface area (Å²) in [5.74, 6) is 2.13. The summed E-state index contributed by atoms with van der Waals surface area (Å²) in [6, 6.07) is 0. The Hall–Kier alpha value is -1.36. The molecule has 1 heterocycles. The van der Waals surface area contributed by atoms with Gasteiger partial charge < -0.3 is 14.8 Å². The Labute approximate surface area is 121 Å². The molecule has 0 aliphatic heterocycles. The highest BCUT2D eigenvalue weighted by atomic mass is 16.5. The molecule has 1 aromatic heterocycles. The van der Waals surface area contributed by atoms with E-state index in [1.807, 2.05) is 0 Å². The predicted octanol–water partition coefficient (Wildman–Crippen LogP) is 2.55. The largest absolute Gasteiger partial charge is 0.481 e. The lowest BCUT2D eigenvalue weighted by atomic mass is 10.0. The maximum Gasteiger partial charge on any atom is 0.224 e. The average Bonchev–Trinajstić information content (AvgIpc) is 3.00. The van der Waals surface area contributed by atoms with Gasteiger partial charge in [0.2, 0.25) is 11.8 Å². The lowest BCUT2D eigenvalue weighted by Crippen LogP contribution is -2.17. The molecule has 1 saturated carbocycles. The van der Waals surface area contributed by atoms with Gasteiger partial charge in [-0.05, 0) is 25.3 Å². The highest BCUT2D eigenvalue weighted by molar-refractivity contribution is 5.34. The van der Waals surface area contributed by atoms with Crippen LogP contribution in [0.4, 0.5) is 0 Å². The second kappa shape index (κ2) is 8.04. The molecule has 5 heteroatoms. The number of nitrogens with zero attached hydrogens (tertiary/aromatic N) is 2. The number of hydrogen-bond acceptors (Lipinski definition) is 5. The van der Waals surface area contributed by atoms with Crippen LogP contribution in [-0.4, -0.2) is 30.7 Å². The third-order valence-corrected chi connectivity index (χ3v) is 4.00. The second-order valence-electron chi connectivity index (χ2n) is 5.34. The van der Waals surface area contributed by atoms with E-state index in [1.165, 1.54) is 44.9 Å². The molecule has 1 fully saturated rings. The van der Waals surface area contributed by atoms with Gasteiger partial charge in [-0.2, -0.15) is 0 Å². The summed E-state index contributed by atoms with van der Waals surface area (Å²) in [7, 11) is 3.23. The second-order valence-corrected chi connectivity index (χ2v) is 5.34. The first-order chi connectivity index (χ1) is 9.85. The first-order valence-electron chi connectivity index (χ1n) is 7.47. The molecule has 2 rings (SSSR count). The molecule has 1 aliphatic rings. The van der Waals surface area contributed by atoms with Gasteiger partial charge in [0.05, 0.1) is 19.8 Å². The van der Waals surface area contributed by atoms with Gasteiger partial charge in [-0.15, -0.1) is 0 Å². The van der Waals surface area contributed by atoms with Crippen molar-refractivity contribution in [1.29, 1.82) is 0 Å². The van der Waals surface area contributed by atoms with Crippen molar-refractivity contribution in [2.45, 2.75) is 45.1 Å². The summed E-state index contributed by atoms with van der Waals surface area (Å²) in [6.07, 6.45) is 9.72. The van der Waals surface area contributed by atoms with Gasteiger partial charge in [0.25, 0.3) is 0 Å². The molecule has 0 radical (unpaired) electrons. The van der Waals surface area contributed by atoms with Crippen molar-refractivity contribution < 1.29 is 9.47 Å². The molecule has 1 N–H and O–H groups in total. The van der Waals surface area contributed by atoms with Crippen LogP contribution in [0, 0.1) is 5.92 Å². The highest BCUT2D eigenvalue weighted by Crippen LogP contribution is 2.28. The van der Waals surface area contributed by atoms with Crippen LogP contribution < -0.4 is 14.8 Å². The molecule has 0 atom stereocenters. The van der Waals surface area contributed by atoms with Crippen molar-refractivity contribution in [2.24, 2.45) is 5.92 Å². The van der Waals surface area contributed by atoms with Gasteiger partial charge in [-0.1, -0.05) is 25.7 Å². The van der Waals surface area contributed by atoms with E-state index < -0.39 is 0 Å². The first kappa shape index (κ1) is 15.0. The third-order valence-electron chi connectivity index (χ3n) is 4.00. The zero-order chi connectivity index (χ0) is 14.2. The summed E-state index contributed by atoms with van der Waals surface area (Å²) in [5.41, 5.74) is 0.887. The lowest BCUT2D eigenvalue weighted by molar-refractivity contribution is 0.358. The summed E-state index contributed by atoms with van der Waals surface area (Å²) in [4.78, 5) is 8.23. The Morgan fingerprint density at radius 2 is 1.80 bits per heavy atom.